The van der Waals surface area contributed by atoms with Gasteiger partial charge in [-0.2, -0.15) is 0 Å². The molecule has 5 heteroatoms. The molecular weight excluding hydrogens is 292 g/mol. The van der Waals surface area contributed by atoms with Crippen LogP contribution >= 0.6 is 0 Å². The Morgan fingerprint density at radius 1 is 1.30 bits per heavy atom. The van der Waals surface area contributed by atoms with Crippen LogP contribution in [0, 0.1) is 5.41 Å². The topological polar surface area (TPSA) is 73.6 Å². The number of carbonyl (C=O) groups excluding carboxylic acids is 1. The predicted octanol–water partition coefficient (Wildman–Crippen LogP) is 1.84. The van der Waals surface area contributed by atoms with Crippen LogP contribution in [0.15, 0.2) is 24.3 Å². The van der Waals surface area contributed by atoms with E-state index in [0.717, 1.165) is 11.3 Å². The van der Waals surface area contributed by atoms with Crippen molar-refractivity contribution >= 4 is 5.91 Å². The van der Waals surface area contributed by atoms with Gasteiger partial charge in [0.25, 0.3) is 0 Å². The van der Waals surface area contributed by atoms with Gasteiger partial charge in [0.1, 0.15) is 5.75 Å². The summed E-state index contributed by atoms with van der Waals surface area (Å²) in [5.74, 6) is 0.878. The van der Waals surface area contributed by atoms with Gasteiger partial charge in [-0.05, 0) is 30.5 Å². The lowest BCUT2D eigenvalue weighted by atomic mass is 9.78. The number of amides is 1. The molecule has 0 saturated carbocycles. The molecule has 0 aromatic heterocycles. The molecule has 1 fully saturated rings. The van der Waals surface area contributed by atoms with Gasteiger partial charge in [0.05, 0.1) is 12.5 Å². The number of methoxy groups -OCH3 is 1. The minimum absolute atomic E-state index is 0.0462. The molecule has 0 radical (unpaired) electrons. The first-order chi connectivity index (χ1) is 10.9. The Balaban J connectivity index is 2.00. The molecular formula is C18H28N2O3. The van der Waals surface area contributed by atoms with E-state index in [4.69, 9.17) is 15.2 Å². The molecule has 23 heavy (non-hydrogen) atoms. The molecule has 1 aliphatic rings. The molecule has 1 aromatic carbocycles. The van der Waals surface area contributed by atoms with E-state index in [1.54, 1.807) is 7.11 Å². The first-order valence-corrected chi connectivity index (χ1v) is 8.14. The Bertz CT molecular complexity index is 520. The highest BCUT2D eigenvalue weighted by Gasteiger charge is 2.39. The largest absolute Gasteiger partial charge is 0.497 e. The van der Waals surface area contributed by atoms with Crippen molar-refractivity contribution in [1.29, 1.82) is 0 Å². The van der Waals surface area contributed by atoms with Gasteiger partial charge in [-0.25, -0.2) is 0 Å². The molecule has 1 amide bonds. The molecule has 1 aromatic rings. The average molecular weight is 320 g/mol. The third kappa shape index (κ3) is 4.03. The van der Waals surface area contributed by atoms with Crippen molar-refractivity contribution in [2.24, 2.45) is 11.1 Å². The third-order valence-corrected chi connectivity index (χ3v) is 4.88. The number of rotatable bonds is 6. The molecule has 0 unspecified atom stereocenters. The van der Waals surface area contributed by atoms with Crippen LogP contribution in [0.5, 0.6) is 5.75 Å². The Kier molecular flexibility index (Phi) is 5.65. The van der Waals surface area contributed by atoms with Gasteiger partial charge in [-0.3, -0.25) is 4.79 Å². The summed E-state index contributed by atoms with van der Waals surface area (Å²) in [6.07, 6.45) is 1.39. The second-order valence-corrected chi connectivity index (χ2v) is 6.89. The molecule has 1 aliphatic heterocycles. The Morgan fingerprint density at radius 3 is 2.43 bits per heavy atom. The van der Waals surface area contributed by atoms with Crippen LogP contribution in [0.25, 0.3) is 0 Å². The van der Waals surface area contributed by atoms with E-state index in [1.807, 2.05) is 24.3 Å². The lowest BCUT2D eigenvalue weighted by Crippen LogP contribution is -2.51. The highest BCUT2D eigenvalue weighted by Crippen LogP contribution is 2.30. The highest BCUT2D eigenvalue weighted by atomic mass is 16.5. The number of hydrogen-bond donors (Lipinski definition) is 2. The molecule has 1 saturated heterocycles. The summed E-state index contributed by atoms with van der Waals surface area (Å²) in [7, 11) is 1.65. The Labute approximate surface area is 138 Å². The summed E-state index contributed by atoms with van der Waals surface area (Å²) in [6.45, 7) is 6.38. The zero-order valence-corrected chi connectivity index (χ0v) is 14.4. The van der Waals surface area contributed by atoms with Crippen LogP contribution in [0.1, 0.15) is 32.3 Å². The van der Waals surface area contributed by atoms with Crippen molar-refractivity contribution in [1.82, 2.24) is 5.32 Å². The van der Waals surface area contributed by atoms with Crippen LogP contribution < -0.4 is 15.8 Å². The summed E-state index contributed by atoms with van der Waals surface area (Å²) >= 11 is 0. The van der Waals surface area contributed by atoms with Crippen molar-refractivity contribution in [3.05, 3.63) is 29.8 Å². The molecule has 0 aliphatic carbocycles. The molecule has 128 valence electrons. The lowest BCUT2D eigenvalue weighted by molar-refractivity contribution is -0.136. The number of benzene rings is 1. The van der Waals surface area contributed by atoms with Crippen LogP contribution in [-0.4, -0.2) is 39.3 Å². The zero-order chi connectivity index (χ0) is 16.9. The standard InChI is InChI=1S/C18H28N2O3/c1-17(2,14-4-6-15(22-3)7-5-14)13-20-16(21)18(12-19)8-10-23-11-9-18/h4-7H,8-13,19H2,1-3H3,(H,20,21). The monoisotopic (exact) mass is 320 g/mol. The first kappa shape index (κ1) is 17.8. The Hall–Kier alpha value is -1.59. The third-order valence-electron chi connectivity index (χ3n) is 4.88. The fraction of sp³-hybridized carbons (Fsp3) is 0.611. The van der Waals surface area contributed by atoms with Crippen LogP contribution in [0.2, 0.25) is 0 Å². The van der Waals surface area contributed by atoms with E-state index < -0.39 is 5.41 Å². The number of nitrogens with two attached hydrogens (primary N) is 1. The van der Waals surface area contributed by atoms with Gasteiger partial charge in [0.15, 0.2) is 0 Å². The molecule has 2 rings (SSSR count). The van der Waals surface area contributed by atoms with Crippen molar-refractivity contribution in [3.63, 3.8) is 0 Å². The number of nitrogens with one attached hydrogen (secondary N) is 1. The molecule has 0 bridgehead atoms. The summed E-state index contributed by atoms with van der Waals surface area (Å²) in [4.78, 5) is 12.7. The van der Waals surface area contributed by atoms with Crippen molar-refractivity contribution < 1.29 is 14.3 Å². The summed E-state index contributed by atoms with van der Waals surface area (Å²) in [5.41, 5.74) is 6.41. The maximum atomic E-state index is 12.7. The number of hydrogen-bond acceptors (Lipinski definition) is 4. The van der Waals surface area contributed by atoms with Gasteiger partial charge in [-0.1, -0.05) is 26.0 Å². The average Bonchev–Trinajstić information content (AvgIpc) is 2.60. The van der Waals surface area contributed by atoms with E-state index >= 15 is 0 Å². The van der Waals surface area contributed by atoms with Gasteiger partial charge in [0, 0.05) is 31.7 Å². The summed E-state index contributed by atoms with van der Waals surface area (Å²) in [6, 6.07) is 7.97. The van der Waals surface area contributed by atoms with Crippen LogP contribution in [0.3, 0.4) is 0 Å². The van der Waals surface area contributed by atoms with E-state index in [0.29, 0.717) is 39.1 Å². The quantitative estimate of drug-likeness (QED) is 0.839. The first-order valence-electron chi connectivity index (χ1n) is 8.14. The van der Waals surface area contributed by atoms with Crippen molar-refractivity contribution in [3.8, 4) is 5.75 Å². The summed E-state index contributed by atoms with van der Waals surface area (Å²) < 4.78 is 10.6. The smallest absolute Gasteiger partial charge is 0.227 e. The predicted molar refractivity (Wildman–Crippen MR) is 90.6 cm³/mol. The second kappa shape index (κ2) is 7.32. The molecule has 3 N–H and O–H groups in total. The second-order valence-electron chi connectivity index (χ2n) is 6.89. The van der Waals surface area contributed by atoms with E-state index in [1.165, 1.54) is 0 Å². The normalized spacial score (nSPS) is 17.6. The van der Waals surface area contributed by atoms with Crippen molar-refractivity contribution in [2.45, 2.75) is 32.1 Å². The maximum Gasteiger partial charge on any atom is 0.227 e. The van der Waals surface area contributed by atoms with Gasteiger partial charge < -0.3 is 20.5 Å². The zero-order valence-electron chi connectivity index (χ0n) is 14.4. The van der Waals surface area contributed by atoms with Crippen molar-refractivity contribution in [2.75, 3.05) is 33.4 Å². The number of carbonyl (C=O) groups is 1. The SMILES string of the molecule is COc1ccc(C(C)(C)CNC(=O)C2(CN)CCOCC2)cc1. The lowest BCUT2D eigenvalue weighted by Gasteiger charge is -2.36. The number of ether oxygens (including phenoxy) is 2. The molecule has 0 spiro atoms. The fourth-order valence-electron chi connectivity index (χ4n) is 2.92. The van der Waals surface area contributed by atoms with E-state index in [2.05, 4.69) is 19.2 Å². The van der Waals surface area contributed by atoms with Gasteiger partial charge in [-0.15, -0.1) is 0 Å². The highest BCUT2D eigenvalue weighted by molar-refractivity contribution is 5.83. The maximum absolute atomic E-state index is 12.7. The minimum Gasteiger partial charge on any atom is -0.497 e. The fourth-order valence-corrected chi connectivity index (χ4v) is 2.92. The molecule has 1 heterocycles. The van der Waals surface area contributed by atoms with Crippen LogP contribution in [-0.2, 0) is 14.9 Å². The molecule has 5 nitrogen and oxygen atoms in total. The molecule has 0 atom stereocenters. The van der Waals surface area contributed by atoms with E-state index in [-0.39, 0.29) is 11.3 Å². The van der Waals surface area contributed by atoms with Gasteiger partial charge in [0.2, 0.25) is 5.91 Å². The summed E-state index contributed by atoms with van der Waals surface area (Å²) in [5, 5.41) is 3.11. The van der Waals surface area contributed by atoms with Gasteiger partial charge >= 0.3 is 0 Å². The van der Waals surface area contributed by atoms with Crippen LogP contribution in [0.4, 0.5) is 0 Å². The minimum atomic E-state index is -0.478. The Morgan fingerprint density at radius 2 is 1.91 bits per heavy atom. The van der Waals surface area contributed by atoms with E-state index in [9.17, 15) is 4.79 Å².